The highest BCUT2D eigenvalue weighted by Crippen LogP contribution is 2.30. The van der Waals surface area contributed by atoms with Gasteiger partial charge in [0.2, 0.25) is 5.91 Å². The zero-order chi connectivity index (χ0) is 23.8. The van der Waals surface area contributed by atoms with E-state index in [0.29, 0.717) is 26.1 Å². The van der Waals surface area contributed by atoms with E-state index in [1.807, 2.05) is 22.5 Å². The number of hydrogen-bond acceptors (Lipinski definition) is 8. The van der Waals surface area contributed by atoms with Crippen LogP contribution in [0.5, 0.6) is 0 Å². The van der Waals surface area contributed by atoms with Gasteiger partial charge in [0.1, 0.15) is 17.8 Å². The summed E-state index contributed by atoms with van der Waals surface area (Å²) in [5.41, 5.74) is 6.78. The summed E-state index contributed by atoms with van der Waals surface area (Å²) < 4.78 is 1.12. The second-order valence-electron chi connectivity index (χ2n) is 9.14. The second-order valence-corrected chi connectivity index (χ2v) is 10.0. The van der Waals surface area contributed by atoms with Gasteiger partial charge in [0.25, 0.3) is 0 Å². The maximum absolute atomic E-state index is 12.7. The zero-order valence-electron chi connectivity index (χ0n) is 19.3. The van der Waals surface area contributed by atoms with Crippen LogP contribution >= 0.6 is 11.3 Å². The Kier molecular flexibility index (Phi) is 5.93. The first-order valence-electron chi connectivity index (χ1n) is 11.9. The molecule has 0 radical (unpaired) electrons. The number of β-amino-alcohol motifs (C(OH)–C–C–N with tert-alkyl or cyclic N) is 1. The molecular formula is C25H27N7O2S. The molecule has 1 amide bonds. The van der Waals surface area contributed by atoms with Crippen molar-refractivity contribution in [2.24, 2.45) is 0 Å². The number of benzene rings is 1. The van der Waals surface area contributed by atoms with Crippen LogP contribution in [0.4, 0.5) is 11.5 Å². The summed E-state index contributed by atoms with van der Waals surface area (Å²) in [6, 6.07) is 8.18. The molecule has 2 aliphatic rings. The van der Waals surface area contributed by atoms with Gasteiger partial charge in [0, 0.05) is 50.5 Å². The number of thiazole rings is 1. The van der Waals surface area contributed by atoms with Crippen LogP contribution in [0, 0.1) is 0 Å². The number of nitrogens with zero attached hydrogens (tertiary/aromatic N) is 5. The van der Waals surface area contributed by atoms with E-state index >= 15 is 0 Å². The van der Waals surface area contributed by atoms with Crippen LogP contribution < -0.4 is 5.32 Å². The molecule has 180 valence electrons. The van der Waals surface area contributed by atoms with Gasteiger partial charge in [-0.1, -0.05) is 6.08 Å². The van der Waals surface area contributed by atoms with Crippen molar-refractivity contribution in [1.29, 1.82) is 0 Å². The number of carbonyl (C=O) groups is 1. The van der Waals surface area contributed by atoms with Crippen LogP contribution in [0.15, 0.2) is 42.2 Å². The average Bonchev–Trinajstić information content (AvgIpc) is 3.62. The fourth-order valence-corrected chi connectivity index (χ4v) is 5.57. The molecule has 10 heteroatoms. The minimum Gasteiger partial charge on any atom is -0.392 e. The van der Waals surface area contributed by atoms with E-state index in [0.717, 1.165) is 64.4 Å². The number of anilines is 2. The van der Waals surface area contributed by atoms with Gasteiger partial charge in [-0.3, -0.25) is 4.79 Å². The molecule has 1 unspecified atom stereocenters. The number of aromatic amines is 1. The third kappa shape index (κ3) is 4.64. The number of aromatic nitrogens is 4. The number of likely N-dealkylation sites (tertiary alicyclic amines) is 1. The minimum absolute atomic E-state index is 0.175. The maximum atomic E-state index is 12.7. The van der Waals surface area contributed by atoms with Crippen molar-refractivity contribution < 1.29 is 9.90 Å². The SMILES string of the molecule is O=C(CCN1CCC(O)C1)N1CC=C(c2cc3c(Nc4ccc5ncsc5c4)ncnc3[nH]2)CC1. The summed E-state index contributed by atoms with van der Waals surface area (Å²) >= 11 is 1.61. The normalized spacial score (nSPS) is 18.9. The van der Waals surface area contributed by atoms with Gasteiger partial charge in [0.15, 0.2) is 0 Å². The molecule has 0 saturated carbocycles. The number of amides is 1. The first-order chi connectivity index (χ1) is 17.1. The number of carbonyl (C=O) groups excluding carboxylic acids is 1. The lowest BCUT2D eigenvalue weighted by atomic mass is 10.0. The van der Waals surface area contributed by atoms with Crippen LogP contribution in [0.3, 0.4) is 0 Å². The summed E-state index contributed by atoms with van der Waals surface area (Å²) in [5, 5.41) is 14.0. The van der Waals surface area contributed by atoms with Gasteiger partial charge >= 0.3 is 0 Å². The lowest BCUT2D eigenvalue weighted by Crippen LogP contribution is -2.37. The summed E-state index contributed by atoms with van der Waals surface area (Å²) in [5.74, 6) is 0.926. The highest BCUT2D eigenvalue weighted by atomic mass is 32.1. The van der Waals surface area contributed by atoms with Crippen molar-refractivity contribution in [3.8, 4) is 0 Å². The van der Waals surface area contributed by atoms with Crippen molar-refractivity contribution in [1.82, 2.24) is 29.7 Å². The van der Waals surface area contributed by atoms with E-state index in [1.165, 1.54) is 5.57 Å². The molecule has 0 spiro atoms. The Labute approximate surface area is 206 Å². The second kappa shape index (κ2) is 9.37. The molecule has 1 aromatic carbocycles. The molecule has 0 aliphatic carbocycles. The molecule has 1 fully saturated rings. The van der Waals surface area contributed by atoms with Gasteiger partial charge in [-0.2, -0.15) is 0 Å². The predicted octanol–water partition coefficient (Wildman–Crippen LogP) is 3.38. The van der Waals surface area contributed by atoms with Gasteiger partial charge in [-0.25, -0.2) is 15.0 Å². The van der Waals surface area contributed by atoms with Gasteiger partial charge in [-0.05, 0) is 42.7 Å². The zero-order valence-corrected chi connectivity index (χ0v) is 20.1. The Hall–Kier alpha value is -3.34. The number of nitrogens with one attached hydrogen (secondary N) is 2. The van der Waals surface area contributed by atoms with Crippen molar-refractivity contribution in [2.45, 2.75) is 25.4 Å². The first-order valence-corrected chi connectivity index (χ1v) is 12.8. The number of H-pyrrole nitrogens is 1. The van der Waals surface area contributed by atoms with Crippen molar-refractivity contribution in [3.05, 3.63) is 47.9 Å². The van der Waals surface area contributed by atoms with E-state index in [4.69, 9.17) is 0 Å². The van der Waals surface area contributed by atoms with E-state index < -0.39 is 0 Å². The molecule has 1 atom stereocenters. The van der Waals surface area contributed by atoms with Crippen molar-refractivity contribution in [2.75, 3.05) is 38.0 Å². The Morgan fingerprint density at radius 3 is 3.00 bits per heavy atom. The smallest absolute Gasteiger partial charge is 0.224 e. The molecule has 3 N–H and O–H groups in total. The fourth-order valence-electron chi connectivity index (χ4n) is 4.85. The molecule has 1 saturated heterocycles. The van der Waals surface area contributed by atoms with Crippen LogP contribution in [0.25, 0.3) is 26.8 Å². The predicted molar refractivity (Wildman–Crippen MR) is 138 cm³/mol. The molecule has 3 aromatic heterocycles. The van der Waals surface area contributed by atoms with Crippen LogP contribution in [-0.4, -0.2) is 79.6 Å². The summed E-state index contributed by atoms with van der Waals surface area (Å²) in [4.78, 5) is 33.4. The molecule has 4 aromatic rings. The van der Waals surface area contributed by atoms with Crippen molar-refractivity contribution >= 4 is 55.6 Å². The highest BCUT2D eigenvalue weighted by molar-refractivity contribution is 7.16. The number of fused-ring (bicyclic) bond motifs is 2. The lowest BCUT2D eigenvalue weighted by Gasteiger charge is -2.27. The maximum Gasteiger partial charge on any atom is 0.224 e. The Bertz CT molecular complexity index is 1410. The van der Waals surface area contributed by atoms with Crippen molar-refractivity contribution in [3.63, 3.8) is 0 Å². The quantitative estimate of drug-likeness (QED) is 0.381. The summed E-state index contributed by atoms with van der Waals surface area (Å²) in [6.45, 7) is 3.58. The van der Waals surface area contributed by atoms with E-state index in [2.05, 4.69) is 48.4 Å². The standard InChI is InChI=1S/C25H27N7O2S/c33-18-5-7-31(13-18)8-6-23(34)32-9-3-16(4-10-32)21-12-19-24(26-14-27-25(19)30-21)29-17-1-2-20-22(11-17)35-15-28-20/h1-3,11-12,14-15,18,33H,4-10,13H2,(H2,26,27,29,30). The van der Waals surface area contributed by atoms with Crippen LogP contribution in [0.1, 0.15) is 25.0 Å². The molecule has 9 nitrogen and oxygen atoms in total. The Balaban J connectivity index is 1.14. The number of hydrogen-bond donors (Lipinski definition) is 3. The van der Waals surface area contributed by atoms with Gasteiger partial charge < -0.3 is 25.2 Å². The van der Waals surface area contributed by atoms with E-state index in [9.17, 15) is 9.90 Å². The largest absolute Gasteiger partial charge is 0.392 e. The lowest BCUT2D eigenvalue weighted by molar-refractivity contribution is -0.131. The fraction of sp³-hybridized carbons (Fsp3) is 0.360. The third-order valence-corrected chi connectivity index (χ3v) is 7.61. The monoisotopic (exact) mass is 489 g/mol. The number of rotatable bonds is 6. The number of aliphatic hydroxyl groups is 1. The van der Waals surface area contributed by atoms with E-state index in [1.54, 1.807) is 17.7 Å². The van der Waals surface area contributed by atoms with Crippen LogP contribution in [-0.2, 0) is 4.79 Å². The highest BCUT2D eigenvalue weighted by Gasteiger charge is 2.23. The molecule has 6 rings (SSSR count). The molecule has 35 heavy (non-hydrogen) atoms. The first kappa shape index (κ1) is 22.1. The topological polar surface area (TPSA) is 110 Å². The summed E-state index contributed by atoms with van der Waals surface area (Å²) in [6.07, 6.45) is 5.54. The molecule has 5 heterocycles. The summed E-state index contributed by atoms with van der Waals surface area (Å²) in [7, 11) is 0. The van der Waals surface area contributed by atoms with Crippen LogP contribution in [0.2, 0.25) is 0 Å². The Morgan fingerprint density at radius 1 is 1.23 bits per heavy atom. The third-order valence-electron chi connectivity index (χ3n) is 6.82. The molecular weight excluding hydrogens is 462 g/mol. The van der Waals surface area contributed by atoms with Gasteiger partial charge in [0.05, 0.1) is 27.2 Å². The number of aliphatic hydroxyl groups excluding tert-OH is 1. The molecule has 2 aliphatic heterocycles. The van der Waals surface area contributed by atoms with E-state index in [-0.39, 0.29) is 12.0 Å². The van der Waals surface area contributed by atoms with Gasteiger partial charge in [-0.15, -0.1) is 11.3 Å². The minimum atomic E-state index is -0.246. The average molecular weight is 490 g/mol. The Morgan fingerprint density at radius 2 is 2.17 bits per heavy atom. The molecule has 0 bridgehead atoms.